The fourth-order valence-corrected chi connectivity index (χ4v) is 1.48. The second kappa shape index (κ2) is 4.82. The molecule has 88 valence electrons. The number of ether oxygens (including phenoxy) is 1. The summed E-state index contributed by atoms with van der Waals surface area (Å²) in [4.78, 5) is 11.2. The maximum atomic E-state index is 11.2. The molecule has 1 aromatic heterocycles. The SMILES string of the molecule is CCC(=O)Oc1cc(-c2ccccc2)nn1C. The summed E-state index contributed by atoms with van der Waals surface area (Å²) < 4.78 is 6.72. The number of aromatic nitrogens is 2. The second-order valence-electron chi connectivity index (χ2n) is 3.69. The Morgan fingerprint density at radius 3 is 2.71 bits per heavy atom. The van der Waals surface area contributed by atoms with Gasteiger partial charge in [-0.25, -0.2) is 4.68 Å². The van der Waals surface area contributed by atoms with Crippen molar-refractivity contribution in [1.82, 2.24) is 9.78 Å². The molecule has 4 nitrogen and oxygen atoms in total. The van der Waals surface area contributed by atoms with Crippen LogP contribution in [0.2, 0.25) is 0 Å². The Bertz CT molecular complexity index is 517. The van der Waals surface area contributed by atoms with Gasteiger partial charge >= 0.3 is 5.97 Å². The van der Waals surface area contributed by atoms with Gasteiger partial charge in [0.25, 0.3) is 0 Å². The van der Waals surface area contributed by atoms with E-state index in [4.69, 9.17) is 4.74 Å². The van der Waals surface area contributed by atoms with Crippen molar-refractivity contribution in [2.75, 3.05) is 0 Å². The van der Waals surface area contributed by atoms with Crippen LogP contribution >= 0.6 is 0 Å². The van der Waals surface area contributed by atoms with E-state index in [0.29, 0.717) is 12.3 Å². The van der Waals surface area contributed by atoms with Crippen LogP contribution in [-0.4, -0.2) is 15.7 Å². The van der Waals surface area contributed by atoms with Gasteiger partial charge in [-0.15, -0.1) is 0 Å². The number of rotatable bonds is 3. The molecule has 2 rings (SSSR count). The number of nitrogens with zero attached hydrogens (tertiary/aromatic N) is 2. The summed E-state index contributed by atoms with van der Waals surface area (Å²) in [6.07, 6.45) is 0.353. The number of carbonyl (C=O) groups is 1. The van der Waals surface area contributed by atoms with Crippen LogP contribution in [0.15, 0.2) is 36.4 Å². The van der Waals surface area contributed by atoms with Crippen molar-refractivity contribution in [1.29, 1.82) is 0 Å². The fraction of sp³-hybridized carbons (Fsp3) is 0.231. The molecule has 4 heteroatoms. The van der Waals surface area contributed by atoms with E-state index in [1.807, 2.05) is 30.3 Å². The lowest BCUT2D eigenvalue weighted by Gasteiger charge is -2.00. The smallest absolute Gasteiger partial charge is 0.312 e. The number of carbonyl (C=O) groups excluding carboxylic acids is 1. The number of hydrogen-bond donors (Lipinski definition) is 0. The van der Waals surface area contributed by atoms with Crippen molar-refractivity contribution in [2.24, 2.45) is 7.05 Å². The highest BCUT2D eigenvalue weighted by molar-refractivity contribution is 5.72. The zero-order chi connectivity index (χ0) is 12.3. The Morgan fingerprint density at radius 1 is 1.35 bits per heavy atom. The molecular weight excluding hydrogens is 216 g/mol. The molecule has 0 N–H and O–H groups in total. The van der Waals surface area contributed by atoms with E-state index in [2.05, 4.69) is 5.10 Å². The molecule has 0 radical (unpaired) electrons. The van der Waals surface area contributed by atoms with Crippen molar-refractivity contribution >= 4 is 5.97 Å². The first-order chi connectivity index (χ1) is 8.20. The molecule has 0 aliphatic rings. The largest absolute Gasteiger partial charge is 0.408 e. The third-order valence-corrected chi connectivity index (χ3v) is 2.41. The average Bonchev–Trinajstić information content (AvgIpc) is 2.72. The van der Waals surface area contributed by atoms with Gasteiger partial charge in [-0.2, -0.15) is 5.10 Å². The number of benzene rings is 1. The molecule has 0 saturated heterocycles. The van der Waals surface area contributed by atoms with Crippen molar-refractivity contribution in [3.8, 4) is 17.1 Å². The predicted molar refractivity (Wildman–Crippen MR) is 64.6 cm³/mol. The Labute approximate surface area is 99.8 Å². The Hall–Kier alpha value is -2.10. The first kappa shape index (κ1) is 11.4. The lowest BCUT2D eigenvalue weighted by Crippen LogP contribution is -2.08. The van der Waals surface area contributed by atoms with Gasteiger partial charge in [0.15, 0.2) is 0 Å². The van der Waals surface area contributed by atoms with Gasteiger partial charge in [-0.3, -0.25) is 4.79 Å². The van der Waals surface area contributed by atoms with Crippen LogP contribution in [-0.2, 0) is 11.8 Å². The van der Waals surface area contributed by atoms with E-state index >= 15 is 0 Å². The summed E-state index contributed by atoms with van der Waals surface area (Å²) in [6.45, 7) is 1.76. The molecule has 17 heavy (non-hydrogen) atoms. The number of esters is 1. The lowest BCUT2D eigenvalue weighted by atomic mass is 10.2. The third kappa shape index (κ3) is 2.53. The number of hydrogen-bond acceptors (Lipinski definition) is 3. The van der Waals surface area contributed by atoms with Gasteiger partial charge in [0.05, 0.1) is 5.69 Å². The fourth-order valence-electron chi connectivity index (χ4n) is 1.48. The Balaban J connectivity index is 2.28. The van der Waals surface area contributed by atoms with Gasteiger partial charge in [-0.05, 0) is 0 Å². The highest BCUT2D eigenvalue weighted by Gasteiger charge is 2.10. The first-order valence-corrected chi connectivity index (χ1v) is 5.51. The van der Waals surface area contributed by atoms with Gasteiger partial charge in [-0.1, -0.05) is 37.3 Å². The molecule has 0 amide bonds. The van der Waals surface area contributed by atoms with E-state index in [1.54, 1.807) is 24.7 Å². The van der Waals surface area contributed by atoms with Crippen molar-refractivity contribution in [2.45, 2.75) is 13.3 Å². The summed E-state index contributed by atoms with van der Waals surface area (Å²) in [7, 11) is 1.75. The molecule has 1 aromatic carbocycles. The zero-order valence-corrected chi connectivity index (χ0v) is 9.88. The summed E-state index contributed by atoms with van der Waals surface area (Å²) in [5.74, 6) is 0.211. The van der Waals surface area contributed by atoms with E-state index in [1.165, 1.54) is 0 Å². The topological polar surface area (TPSA) is 44.1 Å². The normalized spacial score (nSPS) is 10.2. The van der Waals surface area contributed by atoms with Crippen LogP contribution in [0.25, 0.3) is 11.3 Å². The predicted octanol–water partition coefficient (Wildman–Crippen LogP) is 2.40. The summed E-state index contributed by atoms with van der Waals surface area (Å²) in [6, 6.07) is 11.5. The Kier molecular flexibility index (Phi) is 3.23. The van der Waals surface area contributed by atoms with Crippen LogP contribution in [0.1, 0.15) is 13.3 Å². The molecule has 0 aliphatic carbocycles. The minimum Gasteiger partial charge on any atom is -0.408 e. The second-order valence-corrected chi connectivity index (χ2v) is 3.69. The maximum Gasteiger partial charge on any atom is 0.312 e. The molecule has 2 aromatic rings. The summed E-state index contributed by atoms with van der Waals surface area (Å²) in [5, 5.41) is 4.31. The highest BCUT2D eigenvalue weighted by Crippen LogP contribution is 2.22. The van der Waals surface area contributed by atoms with Crippen LogP contribution in [0, 0.1) is 0 Å². The molecule has 0 fully saturated rings. The highest BCUT2D eigenvalue weighted by atomic mass is 16.5. The van der Waals surface area contributed by atoms with Crippen LogP contribution < -0.4 is 4.74 Å². The van der Waals surface area contributed by atoms with Gasteiger partial charge in [0, 0.05) is 25.1 Å². The monoisotopic (exact) mass is 230 g/mol. The van der Waals surface area contributed by atoms with E-state index in [-0.39, 0.29) is 5.97 Å². The van der Waals surface area contributed by atoms with E-state index in [0.717, 1.165) is 11.3 Å². The molecule has 0 spiro atoms. The van der Waals surface area contributed by atoms with Gasteiger partial charge in [0.1, 0.15) is 0 Å². The van der Waals surface area contributed by atoms with Crippen LogP contribution in [0.5, 0.6) is 5.88 Å². The van der Waals surface area contributed by atoms with Crippen molar-refractivity contribution in [3.63, 3.8) is 0 Å². The van der Waals surface area contributed by atoms with Gasteiger partial charge in [0.2, 0.25) is 5.88 Å². The standard InChI is InChI=1S/C13H14N2O2/c1-3-13(16)17-12-9-11(14-15(12)2)10-7-5-4-6-8-10/h4-9H,3H2,1-2H3. The zero-order valence-electron chi connectivity index (χ0n) is 9.88. The molecule has 0 unspecified atom stereocenters. The van der Waals surface area contributed by atoms with Crippen molar-refractivity contribution in [3.05, 3.63) is 36.4 Å². The minimum absolute atomic E-state index is 0.257. The van der Waals surface area contributed by atoms with E-state index < -0.39 is 0 Å². The molecule has 1 heterocycles. The van der Waals surface area contributed by atoms with Crippen molar-refractivity contribution < 1.29 is 9.53 Å². The molecular formula is C13H14N2O2. The first-order valence-electron chi connectivity index (χ1n) is 5.51. The summed E-state index contributed by atoms with van der Waals surface area (Å²) >= 11 is 0. The lowest BCUT2D eigenvalue weighted by molar-refractivity contribution is -0.134. The third-order valence-electron chi connectivity index (χ3n) is 2.41. The quantitative estimate of drug-likeness (QED) is 0.760. The average molecular weight is 230 g/mol. The molecule has 0 bridgehead atoms. The van der Waals surface area contributed by atoms with Crippen LogP contribution in [0.3, 0.4) is 0 Å². The Morgan fingerprint density at radius 2 is 2.06 bits per heavy atom. The molecule has 0 saturated carbocycles. The maximum absolute atomic E-state index is 11.2. The van der Waals surface area contributed by atoms with Gasteiger partial charge < -0.3 is 4.74 Å². The summed E-state index contributed by atoms with van der Waals surface area (Å²) in [5.41, 5.74) is 1.80. The number of aryl methyl sites for hydroxylation is 1. The minimum atomic E-state index is -0.257. The van der Waals surface area contributed by atoms with E-state index in [9.17, 15) is 4.79 Å². The molecule has 0 atom stereocenters. The van der Waals surface area contributed by atoms with Crippen LogP contribution in [0.4, 0.5) is 0 Å². The molecule has 0 aliphatic heterocycles.